The molecule has 1 amide bonds. The maximum Gasteiger partial charge on any atom is 0.338 e. The normalized spacial score (nSPS) is 12.8. The summed E-state index contributed by atoms with van der Waals surface area (Å²) in [6, 6.07) is 10.6. The van der Waals surface area contributed by atoms with E-state index in [2.05, 4.69) is 26.1 Å². The SMILES string of the molecule is COc1cc(C(=O)OCC(=O)Nc2ccc(C(C)(C)C)cc2)cc2c1OCCO2. The second kappa shape index (κ2) is 8.43. The van der Waals surface area contributed by atoms with E-state index in [4.69, 9.17) is 18.9 Å². The lowest BCUT2D eigenvalue weighted by Crippen LogP contribution is -2.21. The number of benzene rings is 2. The van der Waals surface area contributed by atoms with Gasteiger partial charge < -0.3 is 24.3 Å². The maximum absolute atomic E-state index is 12.4. The molecule has 0 saturated carbocycles. The third-order valence-electron chi connectivity index (χ3n) is 4.43. The molecule has 1 aliphatic heterocycles. The van der Waals surface area contributed by atoms with E-state index in [0.29, 0.717) is 36.1 Å². The van der Waals surface area contributed by atoms with Crippen LogP contribution in [-0.2, 0) is 14.9 Å². The van der Waals surface area contributed by atoms with Crippen LogP contribution in [0.3, 0.4) is 0 Å². The lowest BCUT2D eigenvalue weighted by atomic mass is 9.87. The van der Waals surface area contributed by atoms with Gasteiger partial charge in [0.15, 0.2) is 18.1 Å². The molecule has 2 aromatic carbocycles. The average Bonchev–Trinajstić information content (AvgIpc) is 2.70. The van der Waals surface area contributed by atoms with Gasteiger partial charge in [0.25, 0.3) is 5.91 Å². The zero-order chi connectivity index (χ0) is 21.0. The van der Waals surface area contributed by atoms with Gasteiger partial charge in [-0.25, -0.2) is 4.79 Å². The van der Waals surface area contributed by atoms with Crippen LogP contribution in [0.15, 0.2) is 36.4 Å². The molecule has 2 aromatic rings. The van der Waals surface area contributed by atoms with Crippen molar-refractivity contribution in [2.45, 2.75) is 26.2 Å². The van der Waals surface area contributed by atoms with E-state index in [1.807, 2.05) is 24.3 Å². The number of hydrogen-bond acceptors (Lipinski definition) is 6. The molecule has 0 aliphatic carbocycles. The first-order valence-electron chi connectivity index (χ1n) is 9.33. The van der Waals surface area contributed by atoms with Gasteiger partial charge in [0.1, 0.15) is 13.2 Å². The second-order valence-electron chi connectivity index (χ2n) is 7.65. The Morgan fingerprint density at radius 3 is 2.41 bits per heavy atom. The van der Waals surface area contributed by atoms with Gasteiger partial charge >= 0.3 is 5.97 Å². The van der Waals surface area contributed by atoms with Crippen LogP contribution >= 0.6 is 0 Å². The van der Waals surface area contributed by atoms with E-state index in [1.54, 1.807) is 0 Å². The molecule has 0 spiro atoms. The molecule has 29 heavy (non-hydrogen) atoms. The Kier molecular flexibility index (Phi) is 5.96. The lowest BCUT2D eigenvalue weighted by molar-refractivity contribution is -0.119. The molecular formula is C22H25NO6. The standard InChI is InChI=1S/C22H25NO6/c1-22(2,3)15-5-7-16(8-6-15)23-19(24)13-29-21(25)14-11-17(26-4)20-18(12-14)27-9-10-28-20/h5-8,11-12H,9-10,13H2,1-4H3,(H,23,24). The fraction of sp³-hybridized carbons (Fsp3) is 0.364. The van der Waals surface area contributed by atoms with Crippen molar-refractivity contribution in [2.75, 3.05) is 32.2 Å². The third kappa shape index (κ3) is 4.99. The number of ether oxygens (including phenoxy) is 4. The van der Waals surface area contributed by atoms with E-state index in [-0.39, 0.29) is 11.0 Å². The van der Waals surface area contributed by atoms with E-state index >= 15 is 0 Å². The Balaban J connectivity index is 1.60. The Hall–Kier alpha value is -3.22. The minimum Gasteiger partial charge on any atom is -0.493 e. The molecule has 1 N–H and O–H groups in total. The van der Waals surface area contributed by atoms with Crippen LogP contribution in [0.2, 0.25) is 0 Å². The smallest absolute Gasteiger partial charge is 0.338 e. The number of esters is 1. The third-order valence-corrected chi connectivity index (χ3v) is 4.43. The molecule has 3 rings (SSSR count). The number of nitrogens with one attached hydrogen (secondary N) is 1. The van der Waals surface area contributed by atoms with E-state index in [9.17, 15) is 9.59 Å². The van der Waals surface area contributed by atoms with Gasteiger partial charge in [-0.15, -0.1) is 0 Å². The molecule has 0 fully saturated rings. The van der Waals surface area contributed by atoms with Crippen LogP contribution in [0.25, 0.3) is 0 Å². The average molecular weight is 399 g/mol. The first kappa shape index (κ1) is 20.5. The van der Waals surface area contributed by atoms with Crippen LogP contribution in [0.1, 0.15) is 36.7 Å². The Morgan fingerprint density at radius 2 is 1.76 bits per heavy atom. The summed E-state index contributed by atoms with van der Waals surface area (Å²) in [7, 11) is 1.47. The highest BCUT2D eigenvalue weighted by molar-refractivity contribution is 5.96. The topological polar surface area (TPSA) is 83.1 Å². The number of carbonyl (C=O) groups is 2. The van der Waals surface area contributed by atoms with Gasteiger partial charge in [-0.1, -0.05) is 32.9 Å². The van der Waals surface area contributed by atoms with Crippen molar-refractivity contribution >= 4 is 17.6 Å². The first-order valence-corrected chi connectivity index (χ1v) is 9.33. The van der Waals surface area contributed by atoms with Gasteiger partial charge in [-0.2, -0.15) is 0 Å². The predicted octanol–water partition coefficient (Wildman–Crippen LogP) is 3.56. The van der Waals surface area contributed by atoms with Gasteiger partial charge in [0.2, 0.25) is 5.75 Å². The van der Waals surface area contributed by atoms with Crippen LogP contribution < -0.4 is 19.5 Å². The number of hydrogen-bond donors (Lipinski definition) is 1. The van der Waals surface area contributed by atoms with E-state index in [0.717, 1.165) is 5.56 Å². The molecule has 1 heterocycles. The van der Waals surface area contributed by atoms with Crippen LogP contribution in [0.4, 0.5) is 5.69 Å². The van der Waals surface area contributed by atoms with E-state index < -0.39 is 18.5 Å². The van der Waals surface area contributed by atoms with Crippen molar-refractivity contribution in [3.8, 4) is 17.2 Å². The summed E-state index contributed by atoms with van der Waals surface area (Å²) >= 11 is 0. The molecule has 0 saturated heterocycles. The molecule has 0 bridgehead atoms. The summed E-state index contributed by atoms with van der Waals surface area (Å²) in [5.74, 6) is 0.153. The Morgan fingerprint density at radius 1 is 1.07 bits per heavy atom. The monoisotopic (exact) mass is 399 g/mol. The van der Waals surface area contributed by atoms with Crippen LogP contribution in [0, 0.1) is 0 Å². The minimum atomic E-state index is -0.654. The fourth-order valence-corrected chi connectivity index (χ4v) is 2.86. The zero-order valence-electron chi connectivity index (χ0n) is 17.0. The second-order valence-corrected chi connectivity index (χ2v) is 7.65. The molecule has 1 aliphatic rings. The molecule has 0 aromatic heterocycles. The molecule has 7 nitrogen and oxygen atoms in total. The summed E-state index contributed by atoms with van der Waals surface area (Å²) in [6.07, 6.45) is 0. The molecular weight excluding hydrogens is 374 g/mol. The highest BCUT2D eigenvalue weighted by atomic mass is 16.6. The minimum absolute atomic E-state index is 0.0305. The van der Waals surface area contributed by atoms with Crippen molar-refractivity contribution in [3.05, 3.63) is 47.5 Å². The van der Waals surface area contributed by atoms with Gasteiger partial charge in [-0.3, -0.25) is 4.79 Å². The van der Waals surface area contributed by atoms with Gasteiger partial charge in [0.05, 0.1) is 12.7 Å². The summed E-state index contributed by atoms with van der Waals surface area (Å²) in [5, 5.41) is 2.71. The molecule has 0 radical (unpaired) electrons. The van der Waals surface area contributed by atoms with Crippen LogP contribution in [-0.4, -0.2) is 38.8 Å². The van der Waals surface area contributed by atoms with Crippen molar-refractivity contribution in [3.63, 3.8) is 0 Å². The number of carbonyl (C=O) groups excluding carboxylic acids is 2. The van der Waals surface area contributed by atoms with Crippen molar-refractivity contribution in [2.24, 2.45) is 0 Å². The summed E-state index contributed by atoms with van der Waals surface area (Å²) in [6.45, 7) is 6.73. The number of fused-ring (bicyclic) bond motifs is 1. The van der Waals surface area contributed by atoms with Crippen molar-refractivity contribution < 1.29 is 28.5 Å². The number of anilines is 1. The van der Waals surface area contributed by atoms with Crippen molar-refractivity contribution in [1.82, 2.24) is 0 Å². The Bertz CT molecular complexity index is 882. The maximum atomic E-state index is 12.4. The number of rotatable bonds is 5. The molecule has 0 atom stereocenters. The largest absolute Gasteiger partial charge is 0.493 e. The molecule has 7 heteroatoms. The zero-order valence-corrected chi connectivity index (χ0v) is 17.0. The number of methoxy groups -OCH3 is 1. The quantitative estimate of drug-likeness (QED) is 0.774. The highest BCUT2D eigenvalue weighted by Crippen LogP contribution is 2.40. The Labute approximate surface area is 169 Å². The van der Waals surface area contributed by atoms with Crippen molar-refractivity contribution in [1.29, 1.82) is 0 Å². The molecule has 154 valence electrons. The summed E-state index contributed by atoms with van der Waals surface area (Å²) in [4.78, 5) is 24.5. The van der Waals surface area contributed by atoms with Gasteiger partial charge in [0, 0.05) is 5.69 Å². The highest BCUT2D eigenvalue weighted by Gasteiger charge is 2.22. The first-order chi connectivity index (χ1) is 13.8. The van der Waals surface area contributed by atoms with E-state index in [1.165, 1.54) is 19.2 Å². The summed E-state index contributed by atoms with van der Waals surface area (Å²) < 4.78 is 21.4. The lowest BCUT2D eigenvalue weighted by Gasteiger charge is -2.21. The predicted molar refractivity (Wildman–Crippen MR) is 108 cm³/mol. The summed E-state index contributed by atoms with van der Waals surface area (Å²) in [5.41, 5.74) is 2.05. The van der Waals surface area contributed by atoms with Gasteiger partial charge in [-0.05, 0) is 35.2 Å². The number of amides is 1. The fourth-order valence-electron chi connectivity index (χ4n) is 2.86. The van der Waals surface area contributed by atoms with Crippen LogP contribution in [0.5, 0.6) is 17.2 Å². The molecule has 0 unspecified atom stereocenters.